The first-order valence-electron chi connectivity index (χ1n) is 19.5. The molecule has 4 aromatic carbocycles. The van der Waals surface area contributed by atoms with Crippen LogP contribution in [0.3, 0.4) is 0 Å². The van der Waals surface area contributed by atoms with Crippen LogP contribution in [0.2, 0.25) is 0 Å². The molecule has 0 N–H and O–H groups in total. The molecular weight excluding hydrogens is 641 g/mol. The highest BCUT2D eigenvalue weighted by atomic mass is 16.5. The van der Waals surface area contributed by atoms with E-state index in [0.717, 1.165) is 71.9 Å². The number of aromatic nitrogens is 2. The zero-order chi connectivity index (χ0) is 35.6. The van der Waals surface area contributed by atoms with E-state index in [0.29, 0.717) is 29.4 Å². The van der Waals surface area contributed by atoms with Gasteiger partial charge < -0.3 is 13.6 Å². The summed E-state index contributed by atoms with van der Waals surface area (Å²) >= 11 is 0. The third-order valence-corrected chi connectivity index (χ3v) is 12.4. The van der Waals surface area contributed by atoms with Crippen molar-refractivity contribution in [2.24, 2.45) is 5.92 Å². The molecule has 0 bridgehead atoms. The number of hydrogen-bond donors (Lipinski definition) is 0. The summed E-state index contributed by atoms with van der Waals surface area (Å²) in [5.74, 6) is 2.66. The van der Waals surface area contributed by atoms with E-state index in [1.807, 2.05) is 18.2 Å². The van der Waals surface area contributed by atoms with Gasteiger partial charge >= 0.3 is 0 Å². The molecule has 2 aromatic heterocycles. The van der Waals surface area contributed by atoms with Crippen molar-refractivity contribution in [3.63, 3.8) is 0 Å². The molecule has 2 heterocycles. The molecule has 9 rings (SSSR count). The number of hydrogen-bond acceptors (Lipinski definition) is 5. The first kappa shape index (κ1) is 33.0. The van der Waals surface area contributed by atoms with Crippen molar-refractivity contribution in [2.75, 3.05) is 7.11 Å². The molecule has 264 valence electrons. The van der Waals surface area contributed by atoms with Crippen LogP contribution in [-0.4, -0.2) is 17.1 Å². The summed E-state index contributed by atoms with van der Waals surface area (Å²) in [7, 11) is 1.70. The van der Waals surface area contributed by atoms with Crippen LogP contribution in [-0.2, 0) is 10.8 Å². The average molecular weight is 689 g/mol. The maximum Gasteiger partial charge on any atom is 0.231 e. The molecule has 5 heteroatoms. The fourth-order valence-electron chi connectivity index (χ4n) is 10.6. The number of oxazole rings is 2. The van der Waals surface area contributed by atoms with E-state index in [4.69, 9.17) is 23.5 Å². The van der Waals surface area contributed by atoms with Crippen LogP contribution < -0.4 is 4.74 Å². The van der Waals surface area contributed by atoms with E-state index < -0.39 is 0 Å². The molecule has 0 spiro atoms. The summed E-state index contributed by atoms with van der Waals surface area (Å²) < 4.78 is 19.1. The van der Waals surface area contributed by atoms with Crippen molar-refractivity contribution in [3.05, 3.63) is 113 Å². The van der Waals surface area contributed by atoms with Gasteiger partial charge in [-0.15, -0.1) is 0 Å². The van der Waals surface area contributed by atoms with E-state index in [-0.39, 0.29) is 10.8 Å². The Kier molecular flexibility index (Phi) is 8.02. The van der Waals surface area contributed by atoms with E-state index in [9.17, 15) is 0 Å². The summed E-state index contributed by atoms with van der Waals surface area (Å²) in [5.41, 5.74) is 13.5. The predicted molar refractivity (Wildman–Crippen MR) is 211 cm³/mol. The van der Waals surface area contributed by atoms with Gasteiger partial charge in [0.1, 0.15) is 16.8 Å². The zero-order valence-corrected chi connectivity index (χ0v) is 31.1. The van der Waals surface area contributed by atoms with Gasteiger partial charge in [0.2, 0.25) is 11.8 Å². The smallest absolute Gasteiger partial charge is 0.231 e. The molecular formula is C47H48N2O3. The molecule has 2 atom stereocenters. The highest BCUT2D eigenvalue weighted by molar-refractivity contribution is 5.91. The SMILES string of the molecule is CCCC1(CCC)c2ccccc2-c2cc3nc(-c4ccc(-c5nc6cc7c(cc6o5)C(CCC)(CCC)C5C=CC=CC75)c(OC)c4)oc3cc21. The summed E-state index contributed by atoms with van der Waals surface area (Å²) in [4.78, 5) is 10.1. The summed E-state index contributed by atoms with van der Waals surface area (Å²) in [6.45, 7) is 9.20. The van der Waals surface area contributed by atoms with Crippen LogP contribution >= 0.6 is 0 Å². The molecule has 3 aliphatic carbocycles. The number of ether oxygens (including phenoxy) is 1. The van der Waals surface area contributed by atoms with Crippen molar-refractivity contribution in [3.8, 4) is 39.8 Å². The second kappa shape index (κ2) is 12.6. The number of methoxy groups -OCH3 is 1. The molecule has 0 aliphatic heterocycles. The molecule has 0 saturated carbocycles. The Labute approximate surface area is 306 Å². The van der Waals surface area contributed by atoms with Crippen LogP contribution in [0.5, 0.6) is 5.75 Å². The van der Waals surface area contributed by atoms with Crippen LogP contribution in [0.25, 0.3) is 56.2 Å². The average Bonchev–Trinajstić information content (AvgIpc) is 3.91. The number of benzene rings is 4. The Balaban J connectivity index is 1.10. The maximum atomic E-state index is 6.59. The van der Waals surface area contributed by atoms with Crippen molar-refractivity contribution in [1.29, 1.82) is 0 Å². The van der Waals surface area contributed by atoms with Gasteiger partial charge in [-0.3, -0.25) is 0 Å². The standard InChI is InChI=1S/C47H48N2O3/c1-6-20-46(21-7-2)35-16-12-10-14-30(35)33-25-39-42(27-37(33)46)51-44(48-39)29-18-19-32(41(24-29)50-5)45-49-40-26-34-31-15-11-13-17-36(31)47(22-8-3,23-9-4)38(34)28-43(40)52-45/h10-19,24-28,31,36H,6-9,20-23H2,1-5H3. The predicted octanol–water partition coefficient (Wildman–Crippen LogP) is 12.9. The molecule has 3 aliphatic rings. The summed E-state index contributed by atoms with van der Waals surface area (Å²) in [5, 5.41) is 0. The largest absolute Gasteiger partial charge is 0.496 e. The van der Waals surface area contributed by atoms with E-state index in [1.165, 1.54) is 46.2 Å². The van der Waals surface area contributed by atoms with Crippen LogP contribution in [0.15, 0.2) is 99.9 Å². The lowest BCUT2D eigenvalue weighted by Crippen LogP contribution is -2.32. The third kappa shape index (κ3) is 4.74. The van der Waals surface area contributed by atoms with Gasteiger partial charge in [-0.2, -0.15) is 0 Å². The van der Waals surface area contributed by atoms with Gasteiger partial charge in [0.15, 0.2) is 11.2 Å². The first-order chi connectivity index (χ1) is 25.5. The van der Waals surface area contributed by atoms with Crippen molar-refractivity contribution in [1.82, 2.24) is 9.97 Å². The van der Waals surface area contributed by atoms with Crippen LogP contribution in [0, 0.1) is 5.92 Å². The van der Waals surface area contributed by atoms with Gasteiger partial charge in [0.05, 0.1) is 12.7 Å². The van der Waals surface area contributed by atoms with Gasteiger partial charge in [-0.1, -0.05) is 102 Å². The summed E-state index contributed by atoms with van der Waals surface area (Å²) in [6.07, 6.45) is 18.4. The zero-order valence-electron chi connectivity index (χ0n) is 31.1. The normalized spacial score (nSPS) is 18.9. The fraction of sp³-hybridized carbons (Fsp3) is 0.362. The lowest BCUT2D eigenvalue weighted by molar-refractivity contribution is 0.278. The second-order valence-corrected chi connectivity index (χ2v) is 15.3. The lowest BCUT2D eigenvalue weighted by Gasteiger charge is -2.37. The van der Waals surface area contributed by atoms with E-state index >= 15 is 0 Å². The lowest BCUT2D eigenvalue weighted by atomic mass is 9.66. The van der Waals surface area contributed by atoms with Crippen molar-refractivity contribution < 1.29 is 13.6 Å². The molecule has 0 saturated heterocycles. The first-order valence-corrected chi connectivity index (χ1v) is 19.5. The van der Waals surface area contributed by atoms with Crippen LogP contribution in [0.4, 0.5) is 0 Å². The molecule has 0 amide bonds. The minimum Gasteiger partial charge on any atom is -0.496 e. The Bertz CT molecular complexity index is 2380. The molecule has 0 radical (unpaired) electrons. The summed E-state index contributed by atoms with van der Waals surface area (Å²) in [6, 6.07) is 24.1. The fourth-order valence-corrected chi connectivity index (χ4v) is 10.6. The van der Waals surface area contributed by atoms with Gasteiger partial charge in [0.25, 0.3) is 0 Å². The van der Waals surface area contributed by atoms with Crippen molar-refractivity contribution >= 4 is 22.2 Å². The number of allylic oxidation sites excluding steroid dienone is 4. The van der Waals surface area contributed by atoms with Gasteiger partial charge in [0, 0.05) is 22.3 Å². The Morgan fingerprint density at radius 1 is 0.635 bits per heavy atom. The quantitative estimate of drug-likeness (QED) is 0.136. The van der Waals surface area contributed by atoms with E-state index in [2.05, 4.69) is 101 Å². The number of rotatable bonds is 11. The molecule has 6 aromatic rings. The Morgan fingerprint density at radius 2 is 1.31 bits per heavy atom. The molecule has 52 heavy (non-hydrogen) atoms. The molecule has 2 unspecified atom stereocenters. The van der Waals surface area contributed by atoms with Crippen molar-refractivity contribution in [2.45, 2.75) is 95.8 Å². The third-order valence-electron chi connectivity index (χ3n) is 12.4. The number of fused-ring (bicyclic) bond motifs is 8. The highest BCUT2D eigenvalue weighted by Crippen LogP contribution is 2.58. The van der Waals surface area contributed by atoms with Gasteiger partial charge in [-0.05, 0) is 107 Å². The van der Waals surface area contributed by atoms with Gasteiger partial charge in [-0.25, -0.2) is 9.97 Å². The second-order valence-electron chi connectivity index (χ2n) is 15.3. The maximum absolute atomic E-state index is 6.59. The monoisotopic (exact) mass is 688 g/mol. The van der Waals surface area contributed by atoms with Crippen LogP contribution in [0.1, 0.15) is 107 Å². The minimum absolute atomic E-state index is 0.000520. The molecule has 0 fully saturated rings. The minimum atomic E-state index is 0.000520. The Hall–Kier alpha value is -4.90. The number of nitrogens with zero attached hydrogens (tertiary/aromatic N) is 2. The molecule has 5 nitrogen and oxygen atoms in total. The Morgan fingerprint density at radius 3 is 2.06 bits per heavy atom. The highest BCUT2D eigenvalue weighted by Gasteiger charge is 2.50. The topological polar surface area (TPSA) is 61.3 Å². The van der Waals surface area contributed by atoms with E-state index in [1.54, 1.807) is 7.11 Å².